The smallest absolute Gasteiger partial charge is 0.0431 e. The van der Waals surface area contributed by atoms with Gasteiger partial charge < -0.3 is 5.11 Å². The fourth-order valence-corrected chi connectivity index (χ4v) is 2.96. The number of rotatable bonds is 4. The molecule has 0 fully saturated rings. The van der Waals surface area contributed by atoms with Gasteiger partial charge in [-0.2, -0.15) is 0 Å². The molecule has 82 valence electrons. The van der Waals surface area contributed by atoms with Gasteiger partial charge in [0.1, 0.15) is 0 Å². The number of hydrogen-bond acceptors (Lipinski definition) is 1. The molecule has 14 heavy (non-hydrogen) atoms. The monoisotopic (exact) mass is 196 g/mol. The summed E-state index contributed by atoms with van der Waals surface area (Å²) in [6.45, 7) is 9.58. The van der Waals surface area contributed by atoms with Crippen LogP contribution in [0.25, 0.3) is 0 Å². The van der Waals surface area contributed by atoms with Crippen molar-refractivity contribution in [2.45, 2.75) is 47.0 Å². The number of hydrogen-bond donors (Lipinski definition) is 1. The summed E-state index contributed by atoms with van der Waals surface area (Å²) in [5, 5.41) is 8.83. The van der Waals surface area contributed by atoms with Crippen LogP contribution in [0.4, 0.5) is 0 Å². The summed E-state index contributed by atoms with van der Waals surface area (Å²) in [7, 11) is 0. The van der Waals surface area contributed by atoms with Gasteiger partial charge in [0, 0.05) is 6.61 Å². The van der Waals surface area contributed by atoms with E-state index in [-0.39, 0.29) is 0 Å². The van der Waals surface area contributed by atoms with Crippen LogP contribution in [0.15, 0.2) is 11.6 Å². The molecule has 2 unspecified atom stereocenters. The summed E-state index contributed by atoms with van der Waals surface area (Å²) < 4.78 is 0. The highest BCUT2D eigenvalue weighted by atomic mass is 16.2. The molecule has 0 spiro atoms. The van der Waals surface area contributed by atoms with Crippen LogP contribution in [0.2, 0.25) is 0 Å². The van der Waals surface area contributed by atoms with Crippen LogP contribution in [0, 0.1) is 17.3 Å². The molecule has 0 heterocycles. The predicted octanol–water partition coefficient (Wildman–Crippen LogP) is 3.39. The lowest BCUT2D eigenvalue weighted by atomic mass is 9.73. The molecule has 0 aliphatic heterocycles. The van der Waals surface area contributed by atoms with Crippen molar-refractivity contribution < 1.29 is 5.11 Å². The normalized spacial score (nSPS) is 27.5. The number of allylic oxidation sites excluding steroid dienone is 2. The quantitative estimate of drug-likeness (QED) is 0.683. The van der Waals surface area contributed by atoms with Gasteiger partial charge in [-0.25, -0.2) is 0 Å². The van der Waals surface area contributed by atoms with Crippen molar-refractivity contribution in [1.82, 2.24) is 0 Å². The molecule has 0 aromatic heterocycles. The molecule has 1 aliphatic carbocycles. The average molecular weight is 196 g/mol. The number of aliphatic hydroxyl groups excluding tert-OH is 1. The van der Waals surface area contributed by atoms with Gasteiger partial charge in [-0.3, -0.25) is 0 Å². The molecule has 0 bridgehead atoms. The van der Waals surface area contributed by atoms with Crippen molar-refractivity contribution >= 4 is 0 Å². The first-order valence-electron chi connectivity index (χ1n) is 5.76. The Kier molecular flexibility index (Phi) is 3.77. The topological polar surface area (TPSA) is 20.2 Å². The Morgan fingerprint density at radius 3 is 2.64 bits per heavy atom. The van der Waals surface area contributed by atoms with E-state index in [1.54, 1.807) is 0 Å². The van der Waals surface area contributed by atoms with E-state index >= 15 is 0 Å². The maximum atomic E-state index is 8.83. The molecule has 1 rings (SSSR count). The van der Waals surface area contributed by atoms with Gasteiger partial charge in [0.05, 0.1) is 0 Å². The molecule has 0 radical (unpaired) electrons. The Hall–Kier alpha value is -0.300. The van der Waals surface area contributed by atoms with Gasteiger partial charge in [-0.05, 0) is 43.4 Å². The van der Waals surface area contributed by atoms with Crippen molar-refractivity contribution in [3.63, 3.8) is 0 Å². The molecular weight excluding hydrogens is 172 g/mol. The Morgan fingerprint density at radius 2 is 2.21 bits per heavy atom. The standard InChI is InChI=1S/C13H24O/c1-10-8-12(13(3,4)9-10)11(2)6-5-7-14/h9,11-12,14H,5-8H2,1-4H3. The third-order valence-corrected chi connectivity index (χ3v) is 3.62. The van der Waals surface area contributed by atoms with E-state index in [1.807, 2.05) is 0 Å². The molecule has 0 aromatic rings. The van der Waals surface area contributed by atoms with Gasteiger partial charge in [0.15, 0.2) is 0 Å². The highest BCUT2D eigenvalue weighted by molar-refractivity contribution is 5.16. The van der Waals surface area contributed by atoms with Gasteiger partial charge in [0.2, 0.25) is 0 Å². The van der Waals surface area contributed by atoms with Crippen molar-refractivity contribution in [2.75, 3.05) is 6.61 Å². The molecule has 1 N–H and O–H groups in total. The Bertz CT molecular complexity index is 215. The third kappa shape index (κ3) is 2.60. The maximum Gasteiger partial charge on any atom is 0.0431 e. The van der Waals surface area contributed by atoms with Crippen LogP contribution in [0.1, 0.15) is 47.0 Å². The van der Waals surface area contributed by atoms with E-state index in [0.29, 0.717) is 12.0 Å². The molecular formula is C13H24O. The Morgan fingerprint density at radius 1 is 1.57 bits per heavy atom. The van der Waals surface area contributed by atoms with Crippen molar-refractivity contribution in [1.29, 1.82) is 0 Å². The minimum Gasteiger partial charge on any atom is -0.396 e. The minimum absolute atomic E-state index is 0.337. The van der Waals surface area contributed by atoms with Gasteiger partial charge >= 0.3 is 0 Å². The van der Waals surface area contributed by atoms with Crippen molar-refractivity contribution in [3.05, 3.63) is 11.6 Å². The molecule has 1 aliphatic rings. The van der Waals surface area contributed by atoms with Gasteiger partial charge in [-0.1, -0.05) is 32.4 Å². The van der Waals surface area contributed by atoms with Crippen LogP contribution >= 0.6 is 0 Å². The molecule has 0 saturated heterocycles. The number of aliphatic hydroxyl groups is 1. The Labute approximate surface area is 88.2 Å². The zero-order chi connectivity index (χ0) is 10.8. The molecule has 1 nitrogen and oxygen atoms in total. The molecule has 0 amide bonds. The summed E-state index contributed by atoms with van der Waals surface area (Å²) in [6, 6.07) is 0. The van der Waals surface area contributed by atoms with Crippen LogP contribution in [0.3, 0.4) is 0 Å². The van der Waals surface area contributed by atoms with Gasteiger partial charge in [0.25, 0.3) is 0 Å². The fourth-order valence-electron chi connectivity index (χ4n) is 2.96. The second-order valence-corrected chi connectivity index (χ2v) is 5.47. The maximum absolute atomic E-state index is 8.83. The van der Waals surface area contributed by atoms with E-state index in [1.165, 1.54) is 12.0 Å². The highest BCUT2D eigenvalue weighted by Gasteiger charge is 2.35. The van der Waals surface area contributed by atoms with Crippen molar-refractivity contribution in [3.8, 4) is 0 Å². The van der Waals surface area contributed by atoms with Gasteiger partial charge in [-0.15, -0.1) is 0 Å². The summed E-state index contributed by atoms with van der Waals surface area (Å²) >= 11 is 0. The first kappa shape index (κ1) is 11.8. The van der Waals surface area contributed by atoms with Crippen LogP contribution < -0.4 is 0 Å². The summed E-state index contributed by atoms with van der Waals surface area (Å²) in [5.74, 6) is 1.50. The average Bonchev–Trinajstić information content (AvgIpc) is 2.35. The van der Waals surface area contributed by atoms with E-state index in [9.17, 15) is 0 Å². The lowest BCUT2D eigenvalue weighted by Crippen LogP contribution is -2.24. The second kappa shape index (κ2) is 4.48. The van der Waals surface area contributed by atoms with Crippen molar-refractivity contribution in [2.24, 2.45) is 17.3 Å². The zero-order valence-corrected chi connectivity index (χ0v) is 10.0. The first-order chi connectivity index (χ1) is 6.47. The van der Waals surface area contributed by atoms with E-state index in [4.69, 9.17) is 5.11 Å². The zero-order valence-electron chi connectivity index (χ0n) is 10.0. The second-order valence-electron chi connectivity index (χ2n) is 5.47. The van der Waals surface area contributed by atoms with E-state index < -0.39 is 0 Å². The SMILES string of the molecule is CC1=CC(C)(C)C(C(C)CCCO)C1. The summed E-state index contributed by atoms with van der Waals surface area (Å²) in [4.78, 5) is 0. The Balaban J connectivity index is 2.54. The highest BCUT2D eigenvalue weighted by Crippen LogP contribution is 2.45. The lowest BCUT2D eigenvalue weighted by molar-refractivity contribution is 0.191. The third-order valence-electron chi connectivity index (χ3n) is 3.62. The molecule has 0 saturated carbocycles. The van der Waals surface area contributed by atoms with E-state index in [0.717, 1.165) is 24.7 Å². The summed E-state index contributed by atoms with van der Waals surface area (Å²) in [5.41, 5.74) is 1.90. The molecule has 1 heteroatoms. The summed E-state index contributed by atoms with van der Waals surface area (Å²) in [6.07, 6.45) is 5.78. The first-order valence-corrected chi connectivity index (χ1v) is 5.76. The molecule has 2 atom stereocenters. The van der Waals surface area contributed by atoms with Crippen LogP contribution in [-0.2, 0) is 0 Å². The lowest BCUT2D eigenvalue weighted by Gasteiger charge is -2.31. The molecule has 0 aromatic carbocycles. The van der Waals surface area contributed by atoms with Crippen LogP contribution in [-0.4, -0.2) is 11.7 Å². The predicted molar refractivity (Wildman–Crippen MR) is 61.1 cm³/mol. The van der Waals surface area contributed by atoms with Crippen LogP contribution in [0.5, 0.6) is 0 Å². The van der Waals surface area contributed by atoms with E-state index in [2.05, 4.69) is 33.8 Å². The minimum atomic E-state index is 0.337. The fraction of sp³-hybridized carbons (Fsp3) is 0.846. The largest absolute Gasteiger partial charge is 0.396 e.